The second-order valence-corrected chi connectivity index (χ2v) is 9.31. The first-order valence-electron chi connectivity index (χ1n) is 9.80. The number of benzene rings is 2. The van der Waals surface area contributed by atoms with Crippen LogP contribution < -0.4 is 15.4 Å². The molecule has 3 rings (SSSR count). The zero-order chi connectivity index (χ0) is 21.6. The lowest BCUT2D eigenvalue weighted by molar-refractivity contribution is 0.0951. The van der Waals surface area contributed by atoms with Crippen LogP contribution in [0.5, 0.6) is 0 Å². The number of rotatable bonds is 6. The highest BCUT2D eigenvalue weighted by Crippen LogP contribution is 2.21. The standard InChI is InChI=1S/C21H24ClN3O4S/c22-19-12-11-18(13-16(19)14-23-20(26)15-7-3-1-4-8-15)30(28,29)25-21(27)24-17-9-5-2-6-10-17/h1,3-4,7-8,11-13,17H,2,5-6,9-10,14H2,(H,23,26)(H2,24,25,27). The average molecular weight is 450 g/mol. The minimum atomic E-state index is -4.07. The Bertz CT molecular complexity index is 1010. The largest absolute Gasteiger partial charge is 0.348 e. The van der Waals surface area contributed by atoms with Crippen LogP contribution in [0.2, 0.25) is 5.02 Å². The Balaban J connectivity index is 1.65. The van der Waals surface area contributed by atoms with Gasteiger partial charge in [-0.3, -0.25) is 4.79 Å². The van der Waals surface area contributed by atoms with Crippen LogP contribution in [-0.4, -0.2) is 26.4 Å². The SMILES string of the molecule is O=C(NC1CCCCC1)NS(=O)(=O)c1ccc(Cl)c(CNC(=O)c2ccccc2)c1. The second-order valence-electron chi connectivity index (χ2n) is 7.22. The van der Waals surface area contributed by atoms with E-state index >= 15 is 0 Å². The zero-order valence-corrected chi connectivity index (χ0v) is 17.9. The van der Waals surface area contributed by atoms with Crippen LogP contribution in [0.4, 0.5) is 4.79 Å². The van der Waals surface area contributed by atoms with Gasteiger partial charge < -0.3 is 10.6 Å². The molecule has 1 aliphatic carbocycles. The average Bonchev–Trinajstić information content (AvgIpc) is 2.73. The molecule has 2 aromatic rings. The number of sulfonamides is 1. The molecule has 1 saturated carbocycles. The first-order chi connectivity index (χ1) is 14.3. The van der Waals surface area contributed by atoms with Gasteiger partial charge >= 0.3 is 6.03 Å². The molecular weight excluding hydrogens is 426 g/mol. The van der Waals surface area contributed by atoms with Gasteiger partial charge in [-0.15, -0.1) is 0 Å². The number of halogens is 1. The molecule has 7 nitrogen and oxygen atoms in total. The van der Waals surface area contributed by atoms with Gasteiger partial charge in [0.15, 0.2) is 0 Å². The summed E-state index contributed by atoms with van der Waals surface area (Å²) in [6.45, 7) is 0.0458. The van der Waals surface area contributed by atoms with Crippen molar-refractivity contribution in [3.8, 4) is 0 Å². The number of carbonyl (C=O) groups is 2. The molecule has 1 aliphatic rings. The summed E-state index contributed by atoms with van der Waals surface area (Å²) < 4.78 is 27.3. The molecular formula is C21H24ClN3O4S. The number of carbonyl (C=O) groups excluding carboxylic acids is 2. The van der Waals surface area contributed by atoms with Gasteiger partial charge in [-0.1, -0.05) is 49.1 Å². The minimum absolute atomic E-state index is 0.0112. The maximum absolute atomic E-state index is 12.6. The van der Waals surface area contributed by atoms with Gasteiger partial charge in [0.25, 0.3) is 15.9 Å². The van der Waals surface area contributed by atoms with E-state index in [1.54, 1.807) is 30.3 Å². The Morgan fingerprint density at radius 1 is 1.00 bits per heavy atom. The number of amides is 3. The van der Waals surface area contributed by atoms with Crippen LogP contribution in [0, 0.1) is 0 Å². The maximum Gasteiger partial charge on any atom is 0.328 e. The van der Waals surface area contributed by atoms with E-state index in [1.165, 1.54) is 18.2 Å². The lowest BCUT2D eigenvalue weighted by Crippen LogP contribution is -2.45. The third kappa shape index (κ3) is 5.96. The van der Waals surface area contributed by atoms with Crippen molar-refractivity contribution in [2.24, 2.45) is 0 Å². The summed E-state index contributed by atoms with van der Waals surface area (Å²) in [6, 6.07) is 12.0. The van der Waals surface area contributed by atoms with E-state index in [4.69, 9.17) is 11.6 Å². The quantitative estimate of drug-likeness (QED) is 0.626. The molecule has 160 valence electrons. The molecule has 0 radical (unpaired) electrons. The molecule has 30 heavy (non-hydrogen) atoms. The Kier molecular flexibility index (Phi) is 7.33. The van der Waals surface area contributed by atoms with Crippen molar-refractivity contribution in [3.05, 3.63) is 64.7 Å². The molecule has 0 bridgehead atoms. The number of nitrogens with one attached hydrogen (secondary N) is 3. The summed E-state index contributed by atoms with van der Waals surface area (Å²) in [7, 11) is -4.07. The second kappa shape index (κ2) is 9.95. The lowest BCUT2D eigenvalue weighted by Gasteiger charge is -2.22. The Hall–Kier alpha value is -2.58. The minimum Gasteiger partial charge on any atom is -0.348 e. The fourth-order valence-electron chi connectivity index (χ4n) is 3.36. The monoisotopic (exact) mass is 449 g/mol. The molecule has 2 aromatic carbocycles. The van der Waals surface area contributed by atoms with Crippen molar-refractivity contribution in [3.63, 3.8) is 0 Å². The van der Waals surface area contributed by atoms with Crippen LogP contribution in [0.15, 0.2) is 53.4 Å². The van der Waals surface area contributed by atoms with E-state index in [2.05, 4.69) is 10.6 Å². The molecule has 3 N–H and O–H groups in total. The van der Waals surface area contributed by atoms with Gasteiger partial charge in [0, 0.05) is 23.2 Å². The van der Waals surface area contributed by atoms with Crippen molar-refractivity contribution in [1.29, 1.82) is 0 Å². The van der Waals surface area contributed by atoms with E-state index in [0.29, 0.717) is 16.1 Å². The van der Waals surface area contributed by atoms with Crippen molar-refractivity contribution >= 4 is 33.6 Å². The molecule has 0 aromatic heterocycles. The van der Waals surface area contributed by atoms with Crippen molar-refractivity contribution < 1.29 is 18.0 Å². The van der Waals surface area contributed by atoms with Gasteiger partial charge in [0.1, 0.15) is 0 Å². The summed E-state index contributed by atoms with van der Waals surface area (Å²) in [5, 5.41) is 5.74. The first-order valence-corrected chi connectivity index (χ1v) is 11.7. The Labute approximate surface area is 181 Å². The molecule has 0 heterocycles. The molecule has 1 fully saturated rings. The highest BCUT2D eigenvalue weighted by molar-refractivity contribution is 7.90. The van der Waals surface area contributed by atoms with Gasteiger partial charge in [-0.2, -0.15) is 0 Å². The van der Waals surface area contributed by atoms with Gasteiger partial charge in [-0.25, -0.2) is 17.9 Å². The van der Waals surface area contributed by atoms with Crippen molar-refractivity contribution in [2.45, 2.75) is 49.6 Å². The molecule has 0 aliphatic heterocycles. The highest BCUT2D eigenvalue weighted by atomic mass is 35.5. The van der Waals surface area contributed by atoms with E-state index < -0.39 is 16.1 Å². The Morgan fingerprint density at radius 3 is 2.40 bits per heavy atom. The van der Waals surface area contributed by atoms with Crippen molar-refractivity contribution in [1.82, 2.24) is 15.4 Å². The van der Waals surface area contributed by atoms with Crippen molar-refractivity contribution in [2.75, 3.05) is 0 Å². The molecule has 0 atom stereocenters. The van der Waals surface area contributed by atoms with Crippen LogP contribution in [-0.2, 0) is 16.6 Å². The smallest absolute Gasteiger partial charge is 0.328 e. The van der Waals surface area contributed by atoms with Gasteiger partial charge in [-0.05, 0) is 48.7 Å². The summed E-state index contributed by atoms with van der Waals surface area (Å²) in [5.74, 6) is -0.301. The highest BCUT2D eigenvalue weighted by Gasteiger charge is 2.22. The molecule has 3 amide bonds. The Morgan fingerprint density at radius 2 is 1.70 bits per heavy atom. The normalized spacial score (nSPS) is 14.7. The predicted octanol–water partition coefficient (Wildman–Crippen LogP) is 3.59. The van der Waals surface area contributed by atoms with E-state index in [0.717, 1.165) is 32.1 Å². The number of urea groups is 1. The zero-order valence-electron chi connectivity index (χ0n) is 16.4. The molecule has 9 heteroatoms. The van der Waals surface area contributed by atoms with Crippen LogP contribution in [0.25, 0.3) is 0 Å². The summed E-state index contributed by atoms with van der Waals surface area (Å²) in [4.78, 5) is 24.2. The number of hydrogen-bond acceptors (Lipinski definition) is 4. The van der Waals surface area contributed by atoms with Crippen LogP contribution >= 0.6 is 11.6 Å². The molecule has 0 unspecified atom stereocenters. The van der Waals surface area contributed by atoms with Gasteiger partial charge in [0.2, 0.25) is 0 Å². The fourth-order valence-corrected chi connectivity index (χ4v) is 4.51. The molecule has 0 saturated heterocycles. The summed E-state index contributed by atoms with van der Waals surface area (Å²) >= 11 is 6.16. The predicted molar refractivity (Wildman–Crippen MR) is 115 cm³/mol. The maximum atomic E-state index is 12.6. The van der Waals surface area contributed by atoms with Gasteiger partial charge in [0.05, 0.1) is 4.90 Å². The third-order valence-corrected chi connectivity index (χ3v) is 6.67. The van der Waals surface area contributed by atoms with Crippen LogP contribution in [0.3, 0.4) is 0 Å². The van der Waals surface area contributed by atoms with E-state index in [-0.39, 0.29) is 23.4 Å². The number of hydrogen-bond donors (Lipinski definition) is 3. The van der Waals surface area contributed by atoms with E-state index in [1.807, 2.05) is 4.72 Å². The third-order valence-electron chi connectivity index (χ3n) is 4.97. The van der Waals surface area contributed by atoms with E-state index in [9.17, 15) is 18.0 Å². The topological polar surface area (TPSA) is 104 Å². The summed E-state index contributed by atoms with van der Waals surface area (Å²) in [5.41, 5.74) is 0.912. The molecule has 0 spiro atoms. The summed E-state index contributed by atoms with van der Waals surface area (Å²) in [6.07, 6.45) is 4.87. The fraction of sp³-hybridized carbons (Fsp3) is 0.333. The lowest BCUT2D eigenvalue weighted by atomic mass is 9.96. The van der Waals surface area contributed by atoms with Crippen LogP contribution in [0.1, 0.15) is 48.0 Å². The first kappa shape index (κ1) is 22.1.